The van der Waals surface area contributed by atoms with Crippen LogP contribution in [0.3, 0.4) is 0 Å². The summed E-state index contributed by atoms with van der Waals surface area (Å²) in [4.78, 5) is 12.6. The summed E-state index contributed by atoms with van der Waals surface area (Å²) in [5.41, 5.74) is -0.00625. The summed E-state index contributed by atoms with van der Waals surface area (Å²) in [6, 6.07) is 0. The molecule has 20 heavy (non-hydrogen) atoms. The number of amides is 1. The predicted octanol–water partition coefficient (Wildman–Crippen LogP) is 1.73. The minimum Gasteiger partial charge on any atom is -0.330 e. The van der Waals surface area contributed by atoms with Crippen LogP contribution in [0.15, 0.2) is 9.59 Å². The van der Waals surface area contributed by atoms with Crippen molar-refractivity contribution in [3.63, 3.8) is 0 Å². The second kappa shape index (κ2) is 5.70. The maximum Gasteiger partial charge on any atom is 0.406 e. The summed E-state index contributed by atoms with van der Waals surface area (Å²) in [5, 5.41) is 6.16. The average molecular weight is 330 g/mol. The number of hydrogen-bond acceptors (Lipinski definition) is 4. The Kier molecular flexibility index (Phi) is 4.82. The number of sulfonamides is 1. The van der Waals surface area contributed by atoms with E-state index < -0.39 is 28.7 Å². The van der Waals surface area contributed by atoms with E-state index in [2.05, 4.69) is 0 Å². The van der Waals surface area contributed by atoms with Crippen LogP contribution in [0.2, 0.25) is 0 Å². The van der Waals surface area contributed by atoms with E-state index in [9.17, 15) is 26.4 Å². The van der Waals surface area contributed by atoms with Gasteiger partial charge in [0, 0.05) is 11.9 Å². The van der Waals surface area contributed by atoms with E-state index in [1.807, 2.05) is 0 Å². The Bertz CT molecular complexity index is 608. The molecule has 0 aromatic carbocycles. The quantitative estimate of drug-likeness (QED) is 0.913. The van der Waals surface area contributed by atoms with Gasteiger partial charge in [0.15, 0.2) is 0 Å². The Balaban J connectivity index is 3.12. The second-order valence-corrected chi connectivity index (χ2v) is 6.68. The average Bonchev–Trinajstić information content (AvgIpc) is 2.65. The lowest BCUT2D eigenvalue weighted by Gasteiger charge is -2.22. The molecule has 0 aliphatic heterocycles. The molecule has 0 saturated heterocycles. The molecule has 0 saturated carbocycles. The fourth-order valence-corrected chi connectivity index (χ4v) is 3.61. The van der Waals surface area contributed by atoms with Crippen LogP contribution in [0.25, 0.3) is 0 Å². The Hall–Kier alpha value is -1.13. The molecule has 0 spiro atoms. The third-order valence-corrected chi connectivity index (χ3v) is 5.20. The van der Waals surface area contributed by atoms with Crippen molar-refractivity contribution in [3.05, 3.63) is 16.5 Å². The highest BCUT2D eigenvalue weighted by atomic mass is 32.2. The van der Waals surface area contributed by atoms with Gasteiger partial charge in [0.05, 0.1) is 5.56 Å². The van der Waals surface area contributed by atoms with E-state index in [-0.39, 0.29) is 21.9 Å². The SMILES string of the molecule is CCN(CC(F)(F)F)C(=O)c1csc(S(N)(=O)=O)c1C. The standard InChI is InChI=1S/C10H13F3N2O3S2/c1-3-15(5-10(11,12)13)8(16)7-4-19-9(6(7)2)20(14,17)18/h4H,3,5H2,1-2H3,(H2,14,17,18). The zero-order valence-corrected chi connectivity index (χ0v) is 12.3. The first-order chi connectivity index (χ1) is 8.97. The number of rotatable bonds is 4. The van der Waals surface area contributed by atoms with Crippen LogP contribution < -0.4 is 5.14 Å². The summed E-state index contributed by atoms with van der Waals surface area (Å²) in [6.45, 7) is 1.22. The summed E-state index contributed by atoms with van der Waals surface area (Å²) in [6.07, 6.45) is -4.52. The molecule has 0 aliphatic carbocycles. The van der Waals surface area contributed by atoms with Gasteiger partial charge in [-0.05, 0) is 19.4 Å². The van der Waals surface area contributed by atoms with Crippen LogP contribution >= 0.6 is 11.3 Å². The third-order valence-electron chi connectivity index (χ3n) is 2.52. The highest BCUT2D eigenvalue weighted by Crippen LogP contribution is 2.27. The molecule has 0 unspecified atom stereocenters. The van der Waals surface area contributed by atoms with E-state index in [4.69, 9.17) is 5.14 Å². The Morgan fingerprint density at radius 1 is 1.45 bits per heavy atom. The largest absolute Gasteiger partial charge is 0.406 e. The summed E-state index contributed by atoms with van der Waals surface area (Å²) in [5.74, 6) is -0.867. The van der Waals surface area contributed by atoms with Gasteiger partial charge < -0.3 is 4.90 Å². The number of hydrogen-bond donors (Lipinski definition) is 1. The number of carbonyl (C=O) groups excluding carboxylic acids is 1. The van der Waals surface area contributed by atoms with E-state index in [0.717, 1.165) is 0 Å². The summed E-state index contributed by atoms with van der Waals surface area (Å²) < 4.78 is 59.3. The number of thiophene rings is 1. The van der Waals surface area contributed by atoms with Crippen molar-refractivity contribution in [2.45, 2.75) is 24.2 Å². The van der Waals surface area contributed by atoms with Crippen LogP contribution in [-0.4, -0.2) is 38.5 Å². The van der Waals surface area contributed by atoms with Gasteiger partial charge in [-0.1, -0.05) is 0 Å². The zero-order chi connectivity index (χ0) is 15.7. The third kappa shape index (κ3) is 3.93. The lowest BCUT2D eigenvalue weighted by atomic mass is 10.2. The summed E-state index contributed by atoms with van der Waals surface area (Å²) in [7, 11) is -3.99. The minimum absolute atomic E-state index is 0.0723. The maximum atomic E-state index is 12.4. The highest BCUT2D eigenvalue weighted by Gasteiger charge is 2.33. The molecule has 0 fully saturated rings. The van der Waals surface area contributed by atoms with Gasteiger partial charge in [-0.2, -0.15) is 13.2 Å². The zero-order valence-electron chi connectivity index (χ0n) is 10.7. The van der Waals surface area contributed by atoms with Crippen LogP contribution in [0.5, 0.6) is 0 Å². The monoisotopic (exact) mass is 330 g/mol. The molecule has 0 bridgehead atoms. The topological polar surface area (TPSA) is 80.5 Å². The van der Waals surface area contributed by atoms with Crippen molar-refractivity contribution in [3.8, 4) is 0 Å². The molecule has 1 aromatic rings. The normalized spacial score (nSPS) is 12.5. The molecule has 114 valence electrons. The molecule has 1 rings (SSSR count). The Morgan fingerprint density at radius 3 is 2.35 bits per heavy atom. The molecule has 5 nitrogen and oxygen atoms in total. The number of primary sulfonamides is 1. The minimum atomic E-state index is -4.52. The van der Waals surface area contributed by atoms with Crippen LogP contribution in [-0.2, 0) is 10.0 Å². The molecule has 0 atom stereocenters. The number of nitrogens with two attached hydrogens (primary N) is 1. The van der Waals surface area contributed by atoms with Gasteiger partial charge in [-0.3, -0.25) is 4.79 Å². The fourth-order valence-electron chi connectivity index (χ4n) is 1.60. The molecule has 0 radical (unpaired) electrons. The van der Waals surface area contributed by atoms with E-state index in [1.54, 1.807) is 0 Å². The van der Waals surface area contributed by atoms with Gasteiger partial charge in [0.1, 0.15) is 10.8 Å². The number of carbonyl (C=O) groups is 1. The van der Waals surface area contributed by atoms with Crippen molar-refractivity contribution >= 4 is 27.3 Å². The van der Waals surface area contributed by atoms with Crippen molar-refractivity contribution in [1.82, 2.24) is 4.90 Å². The van der Waals surface area contributed by atoms with E-state index >= 15 is 0 Å². The molecule has 0 aliphatic rings. The lowest BCUT2D eigenvalue weighted by Crippen LogP contribution is -2.38. The molecular weight excluding hydrogens is 317 g/mol. The lowest BCUT2D eigenvalue weighted by molar-refractivity contribution is -0.140. The molecule has 1 heterocycles. The highest BCUT2D eigenvalue weighted by molar-refractivity contribution is 7.91. The summed E-state index contributed by atoms with van der Waals surface area (Å²) >= 11 is 0.716. The molecule has 2 N–H and O–H groups in total. The number of nitrogens with zero attached hydrogens (tertiary/aromatic N) is 1. The first-order valence-electron chi connectivity index (χ1n) is 5.44. The fraction of sp³-hybridized carbons (Fsp3) is 0.500. The first kappa shape index (κ1) is 16.9. The smallest absolute Gasteiger partial charge is 0.330 e. The number of halogens is 3. The first-order valence-corrected chi connectivity index (χ1v) is 7.87. The van der Waals surface area contributed by atoms with Gasteiger partial charge in [0.25, 0.3) is 5.91 Å². The van der Waals surface area contributed by atoms with Gasteiger partial charge in [0.2, 0.25) is 10.0 Å². The second-order valence-electron chi connectivity index (χ2n) is 4.04. The molecular formula is C10H13F3N2O3S2. The molecule has 1 aromatic heterocycles. The van der Waals surface area contributed by atoms with Crippen molar-refractivity contribution in [2.24, 2.45) is 5.14 Å². The van der Waals surface area contributed by atoms with Gasteiger partial charge in [-0.25, -0.2) is 13.6 Å². The van der Waals surface area contributed by atoms with Crippen LogP contribution in [0.4, 0.5) is 13.2 Å². The van der Waals surface area contributed by atoms with Crippen molar-refractivity contribution in [1.29, 1.82) is 0 Å². The van der Waals surface area contributed by atoms with Crippen molar-refractivity contribution in [2.75, 3.05) is 13.1 Å². The van der Waals surface area contributed by atoms with E-state index in [0.29, 0.717) is 16.2 Å². The van der Waals surface area contributed by atoms with Gasteiger partial charge in [-0.15, -0.1) is 11.3 Å². The predicted molar refractivity (Wildman–Crippen MR) is 68.1 cm³/mol. The maximum absolute atomic E-state index is 12.4. The van der Waals surface area contributed by atoms with E-state index in [1.165, 1.54) is 19.2 Å². The Morgan fingerprint density at radius 2 is 2.00 bits per heavy atom. The van der Waals surface area contributed by atoms with Crippen LogP contribution in [0, 0.1) is 6.92 Å². The van der Waals surface area contributed by atoms with Gasteiger partial charge >= 0.3 is 6.18 Å². The Labute approximate surface area is 118 Å². The number of alkyl halides is 3. The molecule has 1 amide bonds. The molecule has 10 heteroatoms. The van der Waals surface area contributed by atoms with Crippen molar-refractivity contribution < 1.29 is 26.4 Å². The van der Waals surface area contributed by atoms with Crippen LogP contribution in [0.1, 0.15) is 22.8 Å².